The molecule has 1 fully saturated rings. The van der Waals surface area contributed by atoms with Gasteiger partial charge in [-0.15, -0.1) is 0 Å². The monoisotopic (exact) mass is 341 g/mol. The maximum Gasteiger partial charge on any atom is 0.255 e. The molecule has 0 N–H and O–H groups in total. The van der Waals surface area contributed by atoms with Crippen LogP contribution in [0.1, 0.15) is 23.2 Å². The third-order valence-electron chi connectivity index (χ3n) is 3.61. The van der Waals surface area contributed by atoms with Crippen LogP contribution in [-0.4, -0.2) is 44.7 Å². The summed E-state index contributed by atoms with van der Waals surface area (Å²) in [5.41, 5.74) is 0.655. The first-order valence-electron chi connectivity index (χ1n) is 6.77. The highest BCUT2D eigenvalue weighted by Crippen LogP contribution is 2.26. The van der Waals surface area contributed by atoms with Crippen molar-refractivity contribution in [2.75, 3.05) is 33.9 Å². The molecule has 1 heterocycles. The Balaban J connectivity index is 2.14. The van der Waals surface area contributed by atoms with Crippen LogP contribution in [0.25, 0.3) is 0 Å². The molecule has 5 heteroatoms. The smallest absolute Gasteiger partial charge is 0.255 e. The van der Waals surface area contributed by atoms with Gasteiger partial charge in [0.15, 0.2) is 0 Å². The van der Waals surface area contributed by atoms with E-state index in [1.807, 2.05) is 17.0 Å². The van der Waals surface area contributed by atoms with E-state index in [1.54, 1.807) is 20.3 Å². The fourth-order valence-corrected chi connectivity index (χ4v) is 3.00. The molecule has 110 valence electrons. The molecule has 1 saturated heterocycles. The Kier molecular flexibility index (Phi) is 5.43. The Bertz CT molecular complexity index is 476. The lowest BCUT2D eigenvalue weighted by Crippen LogP contribution is -2.41. The summed E-state index contributed by atoms with van der Waals surface area (Å²) in [5.74, 6) is 1.18. The van der Waals surface area contributed by atoms with E-state index < -0.39 is 0 Å². The number of carbonyl (C=O) groups excluding carboxylic acids is 1. The van der Waals surface area contributed by atoms with Crippen LogP contribution in [-0.2, 0) is 4.74 Å². The van der Waals surface area contributed by atoms with Gasteiger partial charge in [0.2, 0.25) is 0 Å². The second-order valence-electron chi connectivity index (χ2n) is 5.06. The highest BCUT2D eigenvalue weighted by atomic mass is 79.9. The summed E-state index contributed by atoms with van der Waals surface area (Å²) in [6, 6.07) is 5.47. The molecule has 0 radical (unpaired) electrons. The summed E-state index contributed by atoms with van der Waals surface area (Å²) in [6.07, 6.45) is 2.15. The molecule has 0 aliphatic carbocycles. The van der Waals surface area contributed by atoms with Crippen LogP contribution in [0.5, 0.6) is 5.75 Å². The van der Waals surface area contributed by atoms with Gasteiger partial charge in [-0.05, 0) is 52.9 Å². The topological polar surface area (TPSA) is 38.8 Å². The van der Waals surface area contributed by atoms with Crippen molar-refractivity contribution >= 4 is 21.8 Å². The third kappa shape index (κ3) is 3.52. The molecular weight excluding hydrogens is 322 g/mol. The summed E-state index contributed by atoms with van der Waals surface area (Å²) < 4.78 is 11.2. The highest BCUT2D eigenvalue weighted by Gasteiger charge is 2.25. The van der Waals surface area contributed by atoms with Gasteiger partial charge in [-0.3, -0.25) is 4.79 Å². The Morgan fingerprint density at radius 1 is 1.45 bits per heavy atom. The van der Waals surface area contributed by atoms with Crippen molar-refractivity contribution < 1.29 is 14.3 Å². The molecule has 1 amide bonds. The minimum atomic E-state index is 0.0524. The van der Waals surface area contributed by atoms with E-state index in [1.165, 1.54) is 0 Å². The molecule has 2 rings (SSSR count). The number of rotatable bonds is 4. The summed E-state index contributed by atoms with van der Waals surface area (Å²) >= 11 is 3.44. The van der Waals surface area contributed by atoms with Crippen LogP contribution in [0.2, 0.25) is 0 Å². The Morgan fingerprint density at radius 3 is 2.95 bits per heavy atom. The van der Waals surface area contributed by atoms with Crippen molar-refractivity contribution in [2.24, 2.45) is 5.92 Å². The molecule has 1 aliphatic rings. The molecule has 0 aromatic heterocycles. The summed E-state index contributed by atoms with van der Waals surface area (Å²) in [7, 11) is 3.31. The molecule has 0 bridgehead atoms. The largest absolute Gasteiger partial charge is 0.497 e. The minimum Gasteiger partial charge on any atom is -0.497 e. The van der Waals surface area contributed by atoms with Crippen LogP contribution in [0.15, 0.2) is 22.7 Å². The predicted octanol–water partition coefficient (Wildman–Crippen LogP) is 2.96. The van der Waals surface area contributed by atoms with Gasteiger partial charge in [-0.1, -0.05) is 0 Å². The van der Waals surface area contributed by atoms with Gasteiger partial charge in [0.05, 0.1) is 19.3 Å². The van der Waals surface area contributed by atoms with E-state index >= 15 is 0 Å². The van der Waals surface area contributed by atoms with Crippen molar-refractivity contribution in [1.29, 1.82) is 0 Å². The SMILES string of the molecule is COCC1CCCN(C(=O)c2cc(OC)ccc2Br)C1. The average Bonchev–Trinajstić information content (AvgIpc) is 2.48. The van der Waals surface area contributed by atoms with E-state index in [0.29, 0.717) is 23.8 Å². The van der Waals surface area contributed by atoms with Gasteiger partial charge in [-0.25, -0.2) is 0 Å². The standard InChI is InChI=1S/C15H20BrNO3/c1-19-10-11-4-3-7-17(9-11)15(18)13-8-12(20-2)5-6-14(13)16/h5-6,8,11H,3-4,7,9-10H2,1-2H3. The quantitative estimate of drug-likeness (QED) is 0.845. The number of hydrogen-bond acceptors (Lipinski definition) is 3. The average molecular weight is 342 g/mol. The number of hydrogen-bond donors (Lipinski definition) is 0. The van der Waals surface area contributed by atoms with Crippen LogP contribution in [0.4, 0.5) is 0 Å². The van der Waals surface area contributed by atoms with Crippen LogP contribution in [0.3, 0.4) is 0 Å². The highest BCUT2D eigenvalue weighted by molar-refractivity contribution is 9.10. The Morgan fingerprint density at radius 2 is 2.25 bits per heavy atom. The fraction of sp³-hybridized carbons (Fsp3) is 0.533. The second-order valence-corrected chi connectivity index (χ2v) is 5.91. The van der Waals surface area contributed by atoms with Crippen molar-refractivity contribution in [3.05, 3.63) is 28.2 Å². The fourth-order valence-electron chi connectivity index (χ4n) is 2.59. The Labute approximate surface area is 128 Å². The van der Waals surface area contributed by atoms with Gasteiger partial charge >= 0.3 is 0 Å². The second kappa shape index (κ2) is 7.09. The van der Waals surface area contributed by atoms with Gasteiger partial charge in [-0.2, -0.15) is 0 Å². The van der Waals surface area contributed by atoms with Crippen molar-refractivity contribution in [1.82, 2.24) is 4.90 Å². The summed E-state index contributed by atoms with van der Waals surface area (Å²) in [5, 5.41) is 0. The van der Waals surface area contributed by atoms with Crippen LogP contribution < -0.4 is 4.74 Å². The molecule has 20 heavy (non-hydrogen) atoms. The molecule has 1 aromatic rings. The molecule has 1 aromatic carbocycles. The number of piperidine rings is 1. The normalized spacial score (nSPS) is 18.9. The third-order valence-corrected chi connectivity index (χ3v) is 4.30. The molecule has 1 atom stereocenters. The molecule has 1 unspecified atom stereocenters. The number of benzene rings is 1. The number of halogens is 1. The maximum atomic E-state index is 12.6. The molecule has 0 saturated carbocycles. The lowest BCUT2D eigenvalue weighted by Gasteiger charge is -2.32. The minimum absolute atomic E-state index is 0.0524. The first kappa shape index (κ1) is 15.3. The molecule has 1 aliphatic heterocycles. The number of amides is 1. The van der Waals surface area contributed by atoms with E-state index in [4.69, 9.17) is 9.47 Å². The number of carbonyl (C=O) groups is 1. The molecule has 4 nitrogen and oxygen atoms in total. The van der Waals surface area contributed by atoms with E-state index in [0.717, 1.165) is 30.4 Å². The number of likely N-dealkylation sites (tertiary alicyclic amines) is 1. The van der Waals surface area contributed by atoms with Crippen LogP contribution >= 0.6 is 15.9 Å². The Hall–Kier alpha value is -1.07. The van der Waals surface area contributed by atoms with Crippen LogP contribution in [0, 0.1) is 5.92 Å². The zero-order valence-electron chi connectivity index (χ0n) is 11.9. The number of ether oxygens (including phenoxy) is 2. The number of nitrogens with zero attached hydrogens (tertiary/aromatic N) is 1. The van der Waals surface area contributed by atoms with Crippen molar-refractivity contribution in [3.63, 3.8) is 0 Å². The van der Waals surface area contributed by atoms with Gasteiger partial charge < -0.3 is 14.4 Å². The predicted molar refractivity (Wildman–Crippen MR) is 81.2 cm³/mol. The van der Waals surface area contributed by atoms with Gasteiger partial charge in [0, 0.05) is 24.7 Å². The van der Waals surface area contributed by atoms with Crippen molar-refractivity contribution in [3.8, 4) is 5.75 Å². The zero-order chi connectivity index (χ0) is 14.5. The van der Waals surface area contributed by atoms with E-state index in [2.05, 4.69) is 15.9 Å². The lowest BCUT2D eigenvalue weighted by molar-refractivity contribution is 0.0570. The van der Waals surface area contributed by atoms with E-state index in [9.17, 15) is 4.79 Å². The van der Waals surface area contributed by atoms with E-state index in [-0.39, 0.29) is 5.91 Å². The summed E-state index contributed by atoms with van der Waals surface area (Å²) in [6.45, 7) is 2.28. The number of methoxy groups -OCH3 is 2. The lowest BCUT2D eigenvalue weighted by atomic mass is 9.98. The van der Waals surface area contributed by atoms with Crippen molar-refractivity contribution in [2.45, 2.75) is 12.8 Å². The maximum absolute atomic E-state index is 12.6. The summed E-state index contributed by atoms with van der Waals surface area (Å²) in [4.78, 5) is 14.5. The first-order chi connectivity index (χ1) is 9.65. The van der Waals surface area contributed by atoms with Gasteiger partial charge in [0.25, 0.3) is 5.91 Å². The first-order valence-corrected chi connectivity index (χ1v) is 7.56. The molecule has 0 spiro atoms. The molecular formula is C15H20BrNO3. The zero-order valence-corrected chi connectivity index (χ0v) is 13.5. The van der Waals surface area contributed by atoms with Gasteiger partial charge in [0.1, 0.15) is 5.75 Å².